The molecular formula is C18H25N. The van der Waals surface area contributed by atoms with E-state index < -0.39 is 0 Å². The molecule has 0 spiro atoms. The van der Waals surface area contributed by atoms with Crippen LogP contribution in [0.1, 0.15) is 39.0 Å². The summed E-state index contributed by atoms with van der Waals surface area (Å²) in [6, 6.07) is 0. The fourth-order valence-corrected chi connectivity index (χ4v) is 3.29. The largest absolute Gasteiger partial charge is 0.288 e. The molecule has 0 bridgehead atoms. The van der Waals surface area contributed by atoms with E-state index in [-0.39, 0.29) is 0 Å². The molecule has 0 unspecified atom stereocenters. The number of hydrogen-bond donors (Lipinski definition) is 0. The van der Waals surface area contributed by atoms with Crippen molar-refractivity contribution >= 4 is 5.71 Å². The van der Waals surface area contributed by atoms with Crippen molar-refractivity contribution in [1.29, 1.82) is 0 Å². The Labute approximate surface area is 117 Å². The maximum atomic E-state index is 4.40. The zero-order chi connectivity index (χ0) is 13.7. The first-order chi connectivity index (χ1) is 9.30. The maximum Gasteiger partial charge on any atom is 0.0646 e. The van der Waals surface area contributed by atoms with Crippen molar-refractivity contribution in [2.24, 2.45) is 16.8 Å². The highest BCUT2D eigenvalue weighted by atomic mass is 14.7. The molecule has 0 aromatic rings. The van der Waals surface area contributed by atoms with E-state index in [0.717, 1.165) is 11.6 Å². The van der Waals surface area contributed by atoms with E-state index in [0.29, 0.717) is 5.92 Å². The number of nitrogens with zero attached hydrogens (tertiary/aromatic N) is 1. The Hall–Kier alpha value is -1.37. The van der Waals surface area contributed by atoms with Crippen LogP contribution in [0.3, 0.4) is 0 Å². The van der Waals surface area contributed by atoms with Gasteiger partial charge in [-0.1, -0.05) is 44.2 Å². The second-order valence-corrected chi connectivity index (χ2v) is 5.53. The molecule has 0 aromatic carbocycles. The van der Waals surface area contributed by atoms with E-state index in [2.05, 4.69) is 48.9 Å². The predicted molar refractivity (Wildman–Crippen MR) is 84.6 cm³/mol. The summed E-state index contributed by atoms with van der Waals surface area (Å²) in [5, 5.41) is 0. The molecule has 2 aliphatic carbocycles. The second kappa shape index (κ2) is 6.70. The monoisotopic (exact) mass is 255 g/mol. The van der Waals surface area contributed by atoms with Crippen LogP contribution in [0.15, 0.2) is 53.1 Å². The lowest BCUT2D eigenvalue weighted by atomic mass is 9.75. The molecule has 2 aliphatic rings. The SMILES string of the molecule is C=C/C(=C1/C=CC=CC1=NC)C1CCC(CC)CC1. The summed E-state index contributed by atoms with van der Waals surface area (Å²) in [5.41, 5.74) is 3.77. The molecule has 2 rings (SSSR count). The summed E-state index contributed by atoms with van der Waals surface area (Å²) in [4.78, 5) is 4.40. The van der Waals surface area contributed by atoms with E-state index >= 15 is 0 Å². The summed E-state index contributed by atoms with van der Waals surface area (Å²) >= 11 is 0. The fraction of sp³-hybridized carbons (Fsp3) is 0.500. The molecule has 0 N–H and O–H groups in total. The molecule has 0 amide bonds. The van der Waals surface area contributed by atoms with E-state index in [9.17, 15) is 0 Å². The van der Waals surface area contributed by atoms with Crippen LogP contribution in [0.25, 0.3) is 0 Å². The summed E-state index contributed by atoms with van der Waals surface area (Å²) < 4.78 is 0. The maximum absolute atomic E-state index is 4.40. The van der Waals surface area contributed by atoms with Crippen LogP contribution in [0.2, 0.25) is 0 Å². The smallest absolute Gasteiger partial charge is 0.0646 e. The molecule has 0 atom stereocenters. The van der Waals surface area contributed by atoms with Gasteiger partial charge in [-0.2, -0.15) is 0 Å². The third kappa shape index (κ3) is 3.15. The average molecular weight is 255 g/mol. The van der Waals surface area contributed by atoms with Crippen molar-refractivity contribution in [2.45, 2.75) is 39.0 Å². The quantitative estimate of drug-likeness (QED) is 0.681. The Balaban J connectivity index is 2.22. The van der Waals surface area contributed by atoms with E-state index in [1.54, 1.807) is 0 Å². The van der Waals surface area contributed by atoms with Crippen LogP contribution >= 0.6 is 0 Å². The number of aliphatic imine (C=N–C) groups is 1. The topological polar surface area (TPSA) is 12.4 Å². The molecule has 1 nitrogen and oxygen atoms in total. The lowest BCUT2D eigenvalue weighted by Crippen LogP contribution is -2.17. The standard InChI is InChI=1S/C18H25N/c1-4-14-10-12-15(13-11-14)16(5-2)17-8-6-7-9-18(17)19-3/h5-9,14-15H,2,4,10-13H2,1,3H3/b17-16+,19-18?. The Morgan fingerprint density at radius 3 is 2.53 bits per heavy atom. The zero-order valence-corrected chi connectivity index (χ0v) is 12.2. The van der Waals surface area contributed by atoms with Crippen molar-refractivity contribution in [3.05, 3.63) is 48.1 Å². The third-order valence-corrected chi connectivity index (χ3v) is 4.54. The van der Waals surface area contributed by atoms with Gasteiger partial charge in [0.15, 0.2) is 0 Å². The minimum absolute atomic E-state index is 0.670. The van der Waals surface area contributed by atoms with Gasteiger partial charge >= 0.3 is 0 Å². The summed E-state index contributed by atoms with van der Waals surface area (Å²) in [6.45, 7) is 6.36. The van der Waals surface area contributed by atoms with Gasteiger partial charge in [-0.3, -0.25) is 4.99 Å². The van der Waals surface area contributed by atoms with Crippen LogP contribution in [0.5, 0.6) is 0 Å². The van der Waals surface area contributed by atoms with Gasteiger partial charge in [0.2, 0.25) is 0 Å². The van der Waals surface area contributed by atoms with Crippen molar-refractivity contribution in [1.82, 2.24) is 0 Å². The molecule has 0 saturated heterocycles. The van der Waals surface area contributed by atoms with Crippen LogP contribution in [0.4, 0.5) is 0 Å². The second-order valence-electron chi connectivity index (χ2n) is 5.53. The van der Waals surface area contributed by atoms with Crippen molar-refractivity contribution in [3.8, 4) is 0 Å². The molecular weight excluding hydrogens is 230 g/mol. The number of allylic oxidation sites excluding steroid dienone is 7. The highest BCUT2D eigenvalue weighted by Gasteiger charge is 2.24. The molecule has 0 aromatic heterocycles. The Kier molecular flexibility index (Phi) is 4.95. The Bertz CT molecular complexity index is 440. The highest BCUT2D eigenvalue weighted by Crippen LogP contribution is 2.37. The normalized spacial score (nSPS) is 31.6. The fourth-order valence-electron chi connectivity index (χ4n) is 3.29. The molecule has 1 saturated carbocycles. The van der Waals surface area contributed by atoms with Gasteiger partial charge in [0.1, 0.15) is 0 Å². The number of rotatable bonds is 3. The molecule has 0 radical (unpaired) electrons. The van der Waals surface area contributed by atoms with Crippen molar-refractivity contribution in [3.63, 3.8) is 0 Å². The van der Waals surface area contributed by atoms with Crippen LogP contribution in [0, 0.1) is 11.8 Å². The lowest BCUT2D eigenvalue weighted by Gasteiger charge is -2.30. The van der Waals surface area contributed by atoms with Gasteiger partial charge in [-0.15, -0.1) is 0 Å². The summed E-state index contributed by atoms with van der Waals surface area (Å²) in [7, 11) is 1.87. The third-order valence-electron chi connectivity index (χ3n) is 4.54. The van der Waals surface area contributed by atoms with Gasteiger partial charge < -0.3 is 0 Å². The van der Waals surface area contributed by atoms with Gasteiger partial charge in [0.05, 0.1) is 5.71 Å². The number of hydrogen-bond acceptors (Lipinski definition) is 1. The molecule has 0 heterocycles. The van der Waals surface area contributed by atoms with Gasteiger partial charge in [0.25, 0.3) is 0 Å². The molecule has 102 valence electrons. The predicted octanol–water partition coefficient (Wildman–Crippen LogP) is 4.88. The average Bonchev–Trinajstić information content (AvgIpc) is 2.49. The Morgan fingerprint density at radius 1 is 1.26 bits per heavy atom. The van der Waals surface area contributed by atoms with Crippen LogP contribution in [-0.4, -0.2) is 12.8 Å². The molecule has 1 heteroatoms. The van der Waals surface area contributed by atoms with Gasteiger partial charge in [0, 0.05) is 12.6 Å². The van der Waals surface area contributed by atoms with Crippen molar-refractivity contribution < 1.29 is 0 Å². The zero-order valence-electron chi connectivity index (χ0n) is 12.2. The van der Waals surface area contributed by atoms with Crippen LogP contribution in [-0.2, 0) is 0 Å². The molecule has 0 aliphatic heterocycles. The highest BCUT2D eigenvalue weighted by molar-refractivity contribution is 6.12. The van der Waals surface area contributed by atoms with Gasteiger partial charge in [-0.05, 0) is 49.2 Å². The van der Waals surface area contributed by atoms with Crippen LogP contribution < -0.4 is 0 Å². The van der Waals surface area contributed by atoms with Crippen molar-refractivity contribution in [2.75, 3.05) is 7.05 Å². The van der Waals surface area contributed by atoms with Gasteiger partial charge in [-0.25, -0.2) is 0 Å². The first kappa shape index (κ1) is 14.0. The minimum Gasteiger partial charge on any atom is -0.288 e. The first-order valence-electron chi connectivity index (χ1n) is 7.48. The summed E-state index contributed by atoms with van der Waals surface area (Å²) in [6.07, 6.45) is 17.2. The van der Waals surface area contributed by atoms with E-state index in [1.807, 2.05) is 7.05 Å². The Morgan fingerprint density at radius 2 is 1.95 bits per heavy atom. The molecule has 1 fully saturated rings. The van der Waals surface area contributed by atoms with E-state index in [4.69, 9.17) is 0 Å². The minimum atomic E-state index is 0.670. The lowest BCUT2D eigenvalue weighted by molar-refractivity contribution is 0.297. The first-order valence-corrected chi connectivity index (χ1v) is 7.48. The van der Waals surface area contributed by atoms with E-state index in [1.165, 1.54) is 43.3 Å². The summed E-state index contributed by atoms with van der Waals surface area (Å²) in [5.74, 6) is 1.61. The molecule has 19 heavy (non-hydrogen) atoms.